The van der Waals surface area contributed by atoms with Crippen molar-refractivity contribution in [2.24, 2.45) is 11.1 Å². The van der Waals surface area contributed by atoms with E-state index in [1.165, 1.54) is 17.0 Å². The van der Waals surface area contributed by atoms with Crippen molar-refractivity contribution in [2.75, 3.05) is 4.90 Å². The third kappa shape index (κ3) is 5.91. The summed E-state index contributed by atoms with van der Waals surface area (Å²) in [7, 11) is 0. The molecule has 10 heteroatoms. The number of carbonyl (C=O) groups excluding carboxylic acids is 1. The summed E-state index contributed by atoms with van der Waals surface area (Å²) in [4.78, 5) is 15.2. The molecule has 5 nitrogen and oxygen atoms in total. The van der Waals surface area contributed by atoms with E-state index >= 15 is 0 Å². The summed E-state index contributed by atoms with van der Waals surface area (Å²) in [6.45, 7) is 7.79. The fourth-order valence-corrected chi connectivity index (χ4v) is 6.40. The predicted octanol–water partition coefficient (Wildman–Crippen LogP) is 9.15. The van der Waals surface area contributed by atoms with Crippen LogP contribution < -0.4 is 15.4 Å². The molecule has 1 unspecified atom stereocenters. The molecule has 0 bridgehead atoms. The van der Waals surface area contributed by atoms with E-state index in [2.05, 4.69) is 6.07 Å². The maximum absolute atomic E-state index is 14.3. The lowest BCUT2D eigenvalue weighted by atomic mass is 9.68. The van der Waals surface area contributed by atoms with Gasteiger partial charge >= 0.3 is 6.18 Å². The normalized spacial score (nSPS) is 18.3. The van der Waals surface area contributed by atoms with Crippen LogP contribution in [0.4, 0.5) is 18.9 Å². The van der Waals surface area contributed by atoms with E-state index in [-0.39, 0.29) is 52.9 Å². The number of rotatable bonds is 5. The first-order valence-electron chi connectivity index (χ1n) is 13.9. The Kier molecular flexibility index (Phi) is 8.25. The van der Waals surface area contributed by atoms with Gasteiger partial charge in [0.15, 0.2) is 5.78 Å². The first-order chi connectivity index (χ1) is 20.6. The lowest BCUT2D eigenvalue weighted by Crippen LogP contribution is -2.42. The number of ether oxygens (including phenoxy) is 1. The molecule has 5 rings (SSSR count). The molecule has 0 amide bonds. The second-order valence-corrected chi connectivity index (χ2v) is 12.9. The number of anilines is 1. The molecule has 0 spiro atoms. The molecule has 3 aromatic rings. The Bertz CT molecular complexity index is 1770. The fraction of sp³-hybridized carbons (Fsp3) is 0.294. The third-order valence-electron chi connectivity index (χ3n) is 8.13. The van der Waals surface area contributed by atoms with Crippen LogP contribution in [0.15, 0.2) is 77.3 Å². The SMILES string of the molecule is Cc1cc(C)c(C2C(C#N)=C(N)N(c3ccc(Cl)cc3C(F)(F)F)C3=C2C(=O)CC(C)(C)C3)cc1COc1ccc(Cl)cc1. The van der Waals surface area contributed by atoms with Crippen molar-refractivity contribution in [3.63, 3.8) is 0 Å². The zero-order valence-electron chi connectivity index (χ0n) is 24.6. The molecule has 44 heavy (non-hydrogen) atoms. The van der Waals surface area contributed by atoms with Crippen molar-refractivity contribution in [3.8, 4) is 11.8 Å². The molecule has 2 aliphatic rings. The van der Waals surface area contributed by atoms with Crippen molar-refractivity contribution < 1.29 is 22.7 Å². The number of alkyl halides is 3. The number of nitrogens with two attached hydrogens (primary N) is 1. The minimum atomic E-state index is -4.77. The van der Waals surface area contributed by atoms with Gasteiger partial charge in [-0.2, -0.15) is 18.4 Å². The van der Waals surface area contributed by atoms with Crippen molar-refractivity contribution in [3.05, 3.63) is 115 Å². The van der Waals surface area contributed by atoms with E-state index in [0.717, 1.165) is 22.8 Å². The van der Waals surface area contributed by atoms with E-state index in [1.807, 2.05) is 39.8 Å². The number of benzene rings is 3. The van der Waals surface area contributed by atoms with Crippen molar-refractivity contribution in [1.29, 1.82) is 5.26 Å². The summed E-state index contributed by atoms with van der Waals surface area (Å²) >= 11 is 12.0. The maximum Gasteiger partial charge on any atom is 0.418 e. The van der Waals surface area contributed by atoms with Crippen LogP contribution in [-0.2, 0) is 17.6 Å². The molecule has 1 atom stereocenters. The van der Waals surface area contributed by atoms with Gasteiger partial charge in [0.25, 0.3) is 0 Å². The van der Waals surface area contributed by atoms with Crippen molar-refractivity contribution in [1.82, 2.24) is 0 Å². The standard InChI is InChI=1S/C34H30Cl2F3N3O2/c1-18-11-19(2)24(12-20(18)17-44-23-8-5-21(35)6-9-23)30-25(16-40)32(41)42(28-14-33(3,4)15-29(43)31(28)30)27-10-7-22(36)13-26(27)34(37,38)39/h5-13,30H,14-15,17,41H2,1-4H3. The smallest absolute Gasteiger partial charge is 0.418 e. The highest BCUT2D eigenvalue weighted by Gasteiger charge is 2.47. The van der Waals surface area contributed by atoms with Crippen LogP contribution in [0.3, 0.4) is 0 Å². The summed E-state index contributed by atoms with van der Waals surface area (Å²) < 4.78 is 49.0. The number of aryl methyl sites for hydroxylation is 2. The molecule has 1 aliphatic carbocycles. The van der Waals surface area contributed by atoms with Crippen LogP contribution in [0.5, 0.6) is 5.75 Å². The summed E-state index contributed by atoms with van der Waals surface area (Å²) in [5.74, 6) is -0.656. The van der Waals surface area contributed by atoms with Crippen LogP contribution >= 0.6 is 23.2 Å². The molecule has 0 radical (unpaired) electrons. The molecular weight excluding hydrogens is 610 g/mol. The van der Waals surface area contributed by atoms with Crippen LogP contribution in [0.25, 0.3) is 0 Å². The van der Waals surface area contributed by atoms with Gasteiger partial charge in [-0.1, -0.05) is 49.2 Å². The molecule has 0 fully saturated rings. The third-order valence-corrected chi connectivity index (χ3v) is 8.62. The van der Waals surface area contributed by atoms with E-state index in [0.29, 0.717) is 22.0 Å². The molecule has 0 saturated carbocycles. The topological polar surface area (TPSA) is 79.4 Å². The minimum Gasteiger partial charge on any atom is -0.489 e. The van der Waals surface area contributed by atoms with Gasteiger partial charge in [0.05, 0.1) is 28.8 Å². The molecule has 2 N–H and O–H groups in total. The Labute approximate surface area is 264 Å². The Morgan fingerprint density at radius 3 is 2.32 bits per heavy atom. The summed E-state index contributed by atoms with van der Waals surface area (Å²) in [6.07, 6.45) is -4.34. The van der Waals surface area contributed by atoms with Crippen LogP contribution in [0, 0.1) is 30.6 Å². The van der Waals surface area contributed by atoms with Gasteiger partial charge in [-0.25, -0.2) is 0 Å². The molecule has 0 aromatic heterocycles. The number of Topliss-reactive ketones (excluding diaryl/α,β-unsaturated/α-hetero) is 1. The largest absolute Gasteiger partial charge is 0.489 e. The van der Waals surface area contributed by atoms with E-state index in [4.69, 9.17) is 33.7 Å². The average molecular weight is 641 g/mol. The van der Waals surface area contributed by atoms with E-state index in [9.17, 15) is 23.2 Å². The van der Waals surface area contributed by atoms with Gasteiger partial charge in [0, 0.05) is 27.7 Å². The zero-order valence-corrected chi connectivity index (χ0v) is 26.1. The molecule has 1 heterocycles. The number of halogens is 5. The van der Waals surface area contributed by atoms with Crippen LogP contribution in [0.1, 0.15) is 60.4 Å². The Morgan fingerprint density at radius 1 is 1.02 bits per heavy atom. The molecule has 228 valence electrons. The van der Waals surface area contributed by atoms with E-state index in [1.54, 1.807) is 24.3 Å². The van der Waals surface area contributed by atoms with Gasteiger partial charge in [-0.3, -0.25) is 9.69 Å². The molecule has 0 saturated heterocycles. The highest BCUT2D eigenvalue weighted by molar-refractivity contribution is 6.31. The second kappa shape index (κ2) is 11.5. The Hall–Kier alpha value is -3.93. The number of ketones is 1. The van der Waals surface area contributed by atoms with Gasteiger partial charge in [-0.15, -0.1) is 0 Å². The monoisotopic (exact) mass is 639 g/mol. The maximum atomic E-state index is 14.3. The number of carbonyl (C=O) groups is 1. The predicted molar refractivity (Wildman–Crippen MR) is 165 cm³/mol. The van der Waals surface area contributed by atoms with Gasteiger partial charge < -0.3 is 10.5 Å². The lowest BCUT2D eigenvalue weighted by Gasteiger charge is -2.44. The zero-order chi connectivity index (χ0) is 32.1. The highest BCUT2D eigenvalue weighted by Crippen LogP contribution is 2.52. The van der Waals surface area contributed by atoms with Gasteiger partial charge in [-0.05, 0) is 90.4 Å². The number of hydrogen-bond donors (Lipinski definition) is 1. The number of allylic oxidation sites excluding steroid dienone is 3. The molecular formula is C34H30Cl2F3N3O2. The quantitative estimate of drug-likeness (QED) is 0.301. The minimum absolute atomic E-state index is 0.00333. The summed E-state index contributed by atoms with van der Waals surface area (Å²) in [6, 6.07) is 16.3. The van der Waals surface area contributed by atoms with Gasteiger partial charge in [0.2, 0.25) is 0 Å². The van der Waals surface area contributed by atoms with E-state index < -0.39 is 23.1 Å². The first-order valence-corrected chi connectivity index (χ1v) is 14.7. The molecule has 1 aliphatic heterocycles. The van der Waals surface area contributed by atoms with Gasteiger partial charge in [0.1, 0.15) is 18.2 Å². The van der Waals surface area contributed by atoms with Crippen LogP contribution in [0.2, 0.25) is 10.0 Å². The average Bonchev–Trinajstić information content (AvgIpc) is 2.92. The lowest BCUT2D eigenvalue weighted by molar-refractivity contribution is -0.137. The summed E-state index contributed by atoms with van der Waals surface area (Å²) in [5.41, 5.74) is 8.63. The first kappa shape index (κ1) is 31.5. The number of hydrogen-bond acceptors (Lipinski definition) is 5. The highest BCUT2D eigenvalue weighted by atomic mass is 35.5. The molecule has 3 aromatic carbocycles. The Balaban J connectivity index is 1.71. The van der Waals surface area contributed by atoms with Crippen molar-refractivity contribution >= 4 is 34.7 Å². The van der Waals surface area contributed by atoms with Crippen molar-refractivity contribution in [2.45, 2.75) is 59.2 Å². The number of nitriles is 1. The summed E-state index contributed by atoms with van der Waals surface area (Å²) in [5, 5.41) is 11.0. The van der Waals surface area contributed by atoms with Crippen LogP contribution in [-0.4, -0.2) is 5.78 Å². The Morgan fingerprint density at radius 2 is 1.68 bits per heavy atom. The second-order valence-electron chi connectivity index (χ2n) is 12.0. The fourth-order valence-electron chi connectivity index (χ4n) is 6.10. The number of nitrogens with zero attached hydrogens (tertiary/aromatic N) is 2.